The molecule has 0 aliphatic carbocycles. The van der Waals surface area contributed by atoms with E-state index in [4.69, 9.17) is 5.10 Å². The Kier molecular flexibility index (Phi) is 5.67. The number of fused-ring (bicyclic) bond motifs is 1. The molecule has 0 saturated carbocycles. The highest BCUT2D eigenvalue weighted by atomic mass is 16.2. The van der Waals surface area contributed by atoms with Crippen molar-refractivity contribution in [3.05, 3.63) is 70.8 Å². The molecule has 4 heterocycles. The Labute approximate surface area is 199 Å². The van der Waals surface area contributed by atoms with Crippen LogP contribution >= 0.6 is 0 Å². The molecule has 1 unspecified atom stereocenters. The summed E-state index contributed by atoms with van der Waals surface area (Å²) in [5.74, 6) is 1.67. The maximum absolute atomic E-state index is 13.1. The second kappa shape index (κ2) is 8.66. The molecule has 176 valence electrons. The fourth-order valence-electron chi connectivity index (χ4n) is 5.12. The van der Waals surface area contributed by atoms with Crippen molar-refractivity contribution in [3.8, 4) is 5.82 Å². The summed E-state index contributed by atoms with van der Waals surface area (Å²) in [5, 5.41) is 17.5. The quantitative estimate of drug-likeness (QED) is 0.441. The van der Waals surface area contributed by atoms with Crippen LogP contribution in [0.5, 0.6) is 0 Å². The van der Waals surface area contributed by atoms with E-state index in [-0.39, 0.29) is 11.3 Å². The van der Waals surface area contributed by atoms with Crippen molar-refractivity contribution in [3.63, 3.8) is 0 Å². The number of hydrogen-bond acceptors (Lipinski definition) is 5. The minimum atomic E-state index is 0.137. The van der Waals surface area contributed by atoms with E-state index in [1.165, 1.54) is 5.56 Å². The molecule has 1 atom stereocenters. The minimum absolute atomic E-state index is 0.137. The molecule has 4 aromatic rings. The normalized spacial score (nSPS) is 18.2. The maximum atomic E-state index is 13.1. The van der Waals surface area contributed by atoms with Gasteiger partial charge in [-0.25, -0.2) is 4.68 Å². The van der Waals surface area contributed by atoms with Gasteiger partial charge in [0.1, 0.15) is 0 Å². The maximum Gasteiger partial charge on any atom is 0.222 e. The second-order valence-corrected chi connectivity index (χ2v) is 9.81. The van der Waals surface area contributed by atoms with Crippen molar-refractivity contribution in [1.82, 2.24) is 34.5 Å². The molecule has 0 radical (unpaired) electrons. The number of aromatic nitrogens is 6. The molecule has 8 nitrogen and oxygen atoms in total. The summed E-state index contributed by atoms with van der Waals surface area (Å²) in [6.07, 6.45) is 3.22. The van der Waals surface area contributed by atoms with Gasteiger partial charge in [-0.1, -0.05) is 37.3 Å². The first-order valence-electron chi connectivity index (χ1n) is 11.9. The van der Waals surface area contributed by atoms with Crippen molar-refractivity contribution in [1.29, 1.82) is 0 Å². The average molecular weight is 458 g/mol. The SMILES string of the molecule is Cc1nn(-c2ccc3nnc(C)n3n2)c(C)c1CCC(=O)N1CCC(C)(Cc2ccccc2)C1. The molecule has 1 saturated heterocycles. The molecule has 1 amide bonds. The third-order valence-electron chi connectivity index (χ3n) is 7.04. The number of benzene rings is 1. The van der Waals surface area contributed by atoms with Gasteiger partial charge in [-0.3, -0.25) is 4.79 Å². The van der Waals surface area contributed by atoms with Crippen LogP contribution in [0.4, 0.5) is 0 Å². The van der Waals surface area contributed by atoms with Crippen LogP contribution in [-0.2, 0) is 17.6 Å². The molecule has 5 rings (SSSR count). The van der Waals surface area contributed by atoms with Gasteiger partial charge in [0, 0.05) is 25.2 Å². The molecule has 0 bridgehead atoms. The molecule has 1 fully saturated rings. The van der Waals surface area contributed by atoms with E-state index in [2.05, 4.69) is 46.5 Å². The van der Waals surface area contributed by atoms with E-state index in [1.54, 1.807) is 4.52 Å². The monoisotopic (exact) mass is 457 g/mol. The molecule has 1 aliphatic rings. The zero-order chi connectivity index (χ0) is 23.9. The van der Waals surface area contributed by atoms with E-state index in [0.717, 1.165) is 48.7 Å². The van der Waals surface area contributed by atoms with Gasteiger partial charge in [-0.2, -0.15) is 9.61 Å². The number of aryl methyl sites for hydroxylation is 2. The summed E-state index contributed by atoms with van der Waals surface area (Å²) in [5.41, 5.74) is 5.24. The van der Waals surface area contributed by atoms with Crippen LogP contribution in [-0.4, -0.2) is 53.5 Å². The third kappa shape index (κ3) is 4.20. The van der Waals surface area contributed by atoms with Crippen molar-refractivity contribution >= 4 is 11.6 Å². The lowest BCUT2D eigenvalue weighted by atomic mass is 9.83. The van der Waals surface area contributed by atoms with Gasteiger partial charge >= 0.3 is 0 Å². The van der Waals surface area contributed by atoms with E-state index >= 15 is 0 Å². The van der Waals surface area contributed by atoms with Crippen LogP contribution in [0.1, 0.15) is 48.1 Å². The van der Waals surface area contributed by atoms with Crippen LogP contribution in [0.15, 0.2) is 42.5 Å². The molecule has 8 heteroatoms. The Bertz CT molecular complexity index is 1340. The Morgan fingerprint density at radius 3 is 2.62 bits per heavy atom. The van der Waals surface area contributed by atoms with Crippen LogP contribution < -0.4 is 0 Å². The fourth-order valence-corrected chi connectivity index (χ4v) is 5.12. The first-order valence-corrected chi connectivity index (χ1v) is 11.9. The van der Waals surface area contributed by atoms with E-state index < -0.39 is 0 Å². The highest BCUT2D eigenvalue weighted by Crippen LogP contribution is 2.34. The van der Waals surface area contributed by atoms with Crippen molar-refractivity contribution < 1.29 is 4.79 Å². The molecule has 3 aromatic heterocycles. The van der Waals surface area contributed by atoms with Crippen molar-refractivity contribution in [2.75, 3.05) is 13.1 Å². The lowest BCUT2D eigenvalue weighted by Crippen LogP contribution is -2.32. The number of carbonyl (C=O) groups excluding carboxylic acids is 1. The van der Waals surface area contributed by atoms with Crippen molar-refractivity contribution in [2.24, 2.45) is 5.41 Å². The number of likely N-dealkylation sites (tertiary alicyclic amines) is 1. The molecule has 0 N–H and O–H groups in total. The Morgan fingerprint density at radius 1 is 1.03 bits per heavy atom. The summed E-state index contributed by atoms with van der Waals surface area (Å²) >= 11 is 0. The number of amides is 1. The molecular formula is C26H31N7O. The van der Waals surface area contributed by atoms with Gasteiger partial charge in [0.05, 0.1) is 5.69 Å². The van der Waals surface area contributed by atoms with Gasteiger partial charge in [0.25, 0.3) is 0 Å². The van der Waals surface area contributed by atoms with E-state index in [9.17, 15) is 4.79 Å². The highest BCUT2D eigenvalue weighted by Gasteiger charge is 2.35. The van der Waals surface area contributed by atoms with Gasteiger partial charge in [-0.15, -0.1) is 15.3 Å². The molecule has 0 spiro atoms. The predicted octanol–water partition coefficient (Wildman–Crippen LogP) is 3.65. The van der Waals surface area contributed by atoms with E-state index in [0.29, 0.717) is 24.3 Å². The molecule has 34 heavy (non-hydrogen) atoms. The zero-order valence-corrected chi connectivity index (χ0v) is 20.3. The van der Waals surface area contributed by atoms with Gasteiger partial charge in [0.2, 0.25) is 5.91 Å². The Balaban J connectivity index is 1.26. The Morgan fingerprint density at radius 2 is 1.82 bits per heavy atom. The standard InChI is InChI=1S/C26H31N7O/c1-18-22(19(2)32(29-18)24-12-11-23-28-27-20(3)33(23)30-24)10-13-25(34)31-15-14-26(4,17-31)16-21-8-6-5-7-9-21/h5-9,11-12H,10,13-17H2,1-4H3. The average Bonchev–Trinajstić information content (AvgIpc) is 3.48. The Hall–Kier alpha value is -3.55. The number of carbonyl (C=O) groups is 1. The van der Waals surface area contributed by atoms with Crippen molar-refractivity contribution in [2.45, 2.75) is 53.4 Å². The van der Waals surface area contributed by atoms with Crippen LogP contribution in [0.2, 0.25) is 0 Å². The largest absolute Gasteiger partial charge is 0.342 e. The van der Waals surface area contributed by atoms with Crippen LogP contribution in [0.3, 0.4) is 0 Å². The lowest BCUT2D eigenvalue weighted by Gasteiger charge is -2.25. The predicted molar refractivity (Wildman–Crippen MR) is 130 cm³/mol. The first kappa shape index (κ1) is 22.3. The molecular weight excluding hydrogens is 426 g/mol. The summed E-state index contributed by atoms with van der Waals surface area (Å²) in [7, 11) is 0. The summed E-state index contributed by atoms with van der Waals surface area (Å²) in [4.78, 5) is 15.1. The molecule has 1 aliphatic heterocycles. The third-order valence-corrected chi connectivity index (χ3v) is 7.04. The topological polar surface area (TPSA) is 81.2 Å². The van der Waals surface area contributed by atoms with Gasteiger partial charge in [-0.05, 0) is 68.7 Å². The number of nitrogens with zero attached hydrogens (tertiary/aromatic N) is 7. The summed E-state index contributed by atoms with van der Waals surface area (Å²) in [6, 6.07) is 14.4. The smallest absolute Gasteiger partial charge is 0.222 e. The van der Waals surface area contributed by atoms with Gasteiger partial charge in [0.15, 0.2) is 17.3 Å². The van der Waals surface area contributed by atoms with Crippen LogP contribution in [0.25, 0.3) is 11.5 Å². The summed E-state index contributed by atoms with van der Waals surface area (Å²) in [6.45, 7) is 9.86. The highest BCUT2D eigenvalue weighted by molar-refractivity contribution is 5.77. The minimum Gasteiger partial charge on any atom is -0.342 e. The number of hydrogen-bond donors (Lipinski definition) is 0. The summed E-state index contributed by atoms with van der Waals surface area (Å²) < 4.78 is 3.57. The lowest BCUT2D eigenvalue weighted by molar-refractivity contribution is -0.130. The fraction of sp³-hybridized carbons (Fsp3) is 0.423. The second-order valence-electron chi connectivity index (χ2n) is 9.81. The zero-order valence-electron chi connectivity index (χ0n) is 20.3. The van der Waals surface area contributed by atoms with Gasteiger partial charge < -0.3 is 4.90 Å². The number of rotatable bonds is 6. The molecule has 1 aromatic carbocycles. The van der Waals surface area contributed by atoms with Crippen LogP contribution in [0, 0.1) is 26.2 Å². The first-order chi connectivity index (χ1) is 16.3. The van der Waals surface area contributed by atoms with E-state index in [1.807, 2.05) is 48.6 Å².